The fraction of sp³-hybridized carbons (Fsp3) is 0.615. The second-order valence-corrected chi connectivity index (χ2v) is 6.06. The van der Waals surface area contributed by atoms with Crippen molar-refractivity contribution in [1.82, 2.24) is 24.5 Å². The van der Waals surface area contributed by atoms with Gasteiger partial charge in [0.25, 0.3) is 5.78 Å². The van der Waals surface area contributed by atoms with Gasteiger partial charge in [0, 0.05) is 18.7 Å². The Morgan fingerprint density at radius 1 is 1.40 bits per heavy atom. The van der Waals surface area contributed by atoms with Gasteiger partial charge >= 0.3 is 0 Å². The van der Waals surface area contributed by atoms with Crippen molar-refractivity contribution >= 4 is 23.2 Å². The Hall–Kier alpha value is -1.40. The standard InChI is InChI=1S/C13H21ClN6/c1-9(2)5-10(7-19(3)4)17-12-6-11(14)18-13-15-8-16-20(12)13/h6,8-10,17H,5,7H2,1-4H3. The van der Waals surface area contributed by atoms with Crippen LogP contribution >= 0.6 is 11.6 Å². The minimum Gasteiger partial charge on any atom is -0.366 e. The third kappa shape index (κ3) is 3.80. The summed E-state index contributed by atoms with van der Waals surface area (Å²) in [4.78, 5) is 10.4. The van der Waals surface area contributed by atoms with Crippen LogP contribution < -0.4 is 5.32 Å². The maximum Gasteiger partial charge on any atom is 0.255 e. The Balaban J connectivity index is 2.25. The van der Waals surface area contributed by atoms with Crippen LogP contribution in [-0.4, -0.2) is 51.2 Å². The van der Waals surface area contributed by atoms with E-state index in [0.717, 1.165) is 18.8 Å². The normalized spacial score (nSPS) is 13.3. The molecule has 1 unspecified atom stereocenters. The molecule has 0 radical (unpaired) electrons. The number of anilines is 1. The van der Waals surface area contributed by atoms with E-state index in [9.17, 15) is 0 Å². The van der Waals surface area contributed by atoms with Gasteiger partial charge in [-0.2, -0.15) is 19.6 Å². The van der Waals surface area contributed by atoms with Gasteiger partial charge in [0.05, 0.1) is 0 Å². The van der Waals surface area contributed by atoms with Crippen LogP contribution in [0.15, 0.2) is 12.4 Å². The van der Waals surface area contributed by atoms with Crippen LogP contribution in [-0.2, 0) is 0 Å². The maximum atomic E-state index is 6.03. The van der Waals surface area contributed by atoms with Crippen molar-refractivity contribution in [3.8, 4) is 0 Å². The highest BCUT2D eigenvalue weighted by atomic mass is 35.5. The summed E-state index contributed by atoms with van der Waals surface area (Å²) in [6.07, 6.45) is 2.54. The van der Waals surface area contributed by atoms with Gasteiger partial charge in [0.2, 0.25) is 0 Å². The fourth-order valence-electron chi connectivity index (χ4n) is 2.28. The molecule has 1 N–H and O–H groups in total. The molecule has 6 nitrogen and oxygen atoms in total. The lowest BCUT2D eigenvalue weighted by Gasteiger charge is -2.25. The molecule has 0 saturated carbocycles. The molecule has 1 atom stereocenters. The van der Waals surface area contributed by atoms with E-state index in [4.69, 9.17) is 11.6 Å². The quantitative estimate of drug-likeness (QED) is 0.828. The molecule has 2 rings (SSSR count). The van der Waals surface area contributed by atoms with Gasteiger partial charge in [0.1, 0.15) is 17.3 Å². The van der Waals surface area contributed by atoms with Crippen LogP contribution in [0.3, 0.4) is 0 Å². The van der Waals surface area contributed by atoms with Crippen molar-refractivity contribution in [2.24, 2.45) is 5.92 Å². The zero-order chi connectivity index (χ0) is 14.7. The van der Waals surface area contributed by atoms with Crippen molar-refractivity contribution in [3.05, 3.63) is 17.5 Å². The Morgan fingerprint density at radius 3 is 2.80 bits per heavy atom. The first-order chi connectivity index (χ1) is 9.45. The van der Waals surface area contributed by atoms with Gasteiger partial charge in [0.15, 0.2) is 0 Å². The summed E-state index contributed by atoms with van der Waals surface area (Å²) in [5.74, 6) is 1.94. The van der Waals surface area contributed by atoms with E-state index < -0.39 is 0 Å². The second-order valence-electron chi connectivity index (χ2n) is 5.67. The smallest absolute Gasteiger partial charge is 0.255 e. The molecule has 0 aliphatic rings. The number of hydrogen-bond acceptors (Lipinski definition) is 5. The van der Waals surface area contributed by atoms with Crippen molar-refractivity contribution in [1.29, 1.82) is 0 Å². The summed E-state index contributed by atoms with van der Waals surface area (Å²) >= 11 is 6.03. The second kappa shape index (κ2) is 6.37. The number of halogens is 1. The van der Waals surface area contributed by atoms with Gasteiger partial charge in [-0.15, -0.1) is 0 Å². The molecule has 0 aromatic carbocycles. The minimum absolute atomic E-state index is 0.316. The van der Waals surface area contributed by atoms with Gasteiger partial charge < -0.3 is 10.2 Å². The van der Waals surface area contributed by atoms with E-state index in [1.54, 1.807) is 10.6 Å². The summed E-state index contributed by atoms with van der Waals surface area (Å²) in [7, 11) is 4.14. The molecule has 0 amide bonds. The average molecular weight is 297 g/mol. The Kier molecular flexibility index (Phi) is 4.77. The van der Waals surface area contributed by atoms with Gasteiger partial charge in [-0.3, -0.25) is 0 Å². The van der Waals surface area contributed by atoms with Crippen LogP contribution in [0.5, 0.6) is 0 Å². The summed E-state index contributed by atoms with van der Waals surface area (Å²) in [6.45, 7) is 5.37. The van der Waals surface area contributed by atoms with Gasteiger partial charge in [-0.25, -0.2) is 0 Å². The largest absolute Gasteiger partial charge is 0.366 e. The molecule has 20 heavy (non-hydrogen) atoms. The molecule has 2 aromatic heterocycles. The van der Waals surface area contributed by atoms with Crippen molar-refractivity contribution in [2.45, 2.75) is 26.3 Å². The first kappa shape index (κ1) is 15.0. The molecule has 2 aromatic rings. The molecular weight excluding hydrogens is 276 g/mol. The van der Waals surface area contributed by atoms with Crippen LogP contribution in [0.1, 0.15) is 20.3 Å². The number of aromatic nitrogens is 4. The van der Waals surface area contributed by atoms with E-state index in [0.29, 0.717) is 22.9 Å². The molecule has 7 heteroatoms. The predicted molar refractivity (Wildman–Crippen MR) is 81.2 cm³/mol. The van der Waals surface area contributed by atoms with Crippen molar-refractivity contribution in [2.75, 3.05) is 26.0 Å². The zero-order valence-corrected chi connectivity index (χ0v) is 13.1. The lowest BCUT2D eigenvalue weighted by atomic mass is 10.0. The summed E-state index contributed by atoms with van der Waals surface area (Å²) < 4.78 is 1.68. The highest BCUT2D eigenvalue weighted by Crippen LogP contribution is 2.17. The predicted octanol–water partition coefficient (Wildman–Crippen LogP) is 2.17. The Bertz CT molecular complexity index is 555. The van der Waals surface area contributed by atoms with Crippen LogP contribution in [0.2, 0.25) is 5.15 Å². The maximum absolute atomic E-state index is 6.03. The van der Waals surface area contributed by atoms with Crippen molar-refractivity contribution in [3.63, 3.8) is 0 Å². The first-order valence-electron chi connectivity index (χ1n) is 6.73. The highest BCUT2D eigenvalue weighted by molar-refractivity contribution is 6.29. The molecule has 110 valence electrons. The number of nitrogens with one attached hydrogen (secondary N) is 1. The molecule has 0 fully saturated rings. The van der Waals surface area contributed by atoms with E-state index in [-0.39, 0.29) is 0 Å². The molecular formula is C13H21ClN6. The highest BCUT2D eigenvalue weighted by Gasteiger charge is 2.15. The fourth-order valence-corrected chi connectivity index (χ4v) is 2.46. The summed E-state index contributed by atoms with van der Waals surface area (Å²) in [6, 6.07) is 2.10. The van der Waals surface area contributed by atoms with Crippen LogP contribution in [0.4, 0.5) is 5.82 Å². The van der Waals surface area contributed by atoms with Crippen LogP contribution in [0, 0.1) is 5.92 Å². The van der Waals surface area contributed by atoms with Crippen LogP contribution in [0.25, 0.3) is 5.78 Å². The number of nitrogens with zero attached hydrogens (tertiary/aromatic N) is 5. The zero-order valence-electron chi connectivity index (χ0n) is 12.3. The number of fused-ring (bicyclic) bond motifs is 1. The Labute approximate surface area is 124 Å². The SMILES string of the molecule is CC(C)CC(CN(C)C)Nc1cc(Cl)nc2ncnn12. The summed E-state index contributed by atoms with van der Waals surface area (Å²) in [5, 5.41) is 8.10. The van der Waals surface area contributed by atoms with E-state index in [1.807, 2.05) is 0 Å². The van der Waals surface area contributed by atoms with Crippen molar-refractivity contribution < 1.29 is 0 Å². The molecule has 0 bridgehead atoms. The van der Waals surface area contributed by atoms with E-state index in [2.05, 4.69) is 53.2 Å². The molecule has 2 heterocycles. The molecule has 0 aliphatic carbocycles. The van der Waals surface area contributed by atoms with Gasteiger partial charge in [-0.1, -0.05) is 25.4 Å². The molecule has 0 spiro atoms. The van der Waals surface area contributed by atoms with E-state index in [1.165, 1.54) is 6.33 Å². The molecule has 0 aliphatic heterocycles. The topological polar surface area (TPSA) is 58.3 Å². The minimum atomic E-state index is 0.316. The van der Waals surface area contributed by atoms with Gasteiger partial charge in [-0.05, 0) is 26.4 Å². The average Bonchev–Trinajstić information content (AvgIpc) is 2.74. The third-order valence-electron chi connectivity index (χ3n) is 2.91. The monoisotopic (exact) mass is 296 g/mol. The van der Waals surface area contributed by atoms with E-state index >= 15 is 0 Å². The lowest BCUT2D eigenvalue weighted by molar-refractivity contribution is 0.355. The lowest BCUT2D eigenvalue weighted by Crippen LogP contribution is -2.34. The number of likely N-dealkylation sites (N-methyl/N-ethyl adjacent to an activating group) is 1. The third-order valence-corrected chi connectivity index (χ3v) is 3.11. The Morgan fingerprint density at radius 2 is 2.15 bits per heavy atom. The number of hydrogen-bond donors (Lipinski definition) is 1. The first-order valence-corrected chi connectivity index (χ1v) is 7.11. The summed E-state index contributed by atoms with van der Waals surface area (Å²) in [5.41, 5.74) is 0. The number of rotatable bonds is 6. The molecule has 0 saturated heterocycles.